The van der Waals surface area contributed by atoms with Gasteiger partial charge in [-0.05, 0) is 45.0 Å². The molecule has 0 spiro atoms. The highest BCUT2D eigenvalue weighted by molar-refractivity contribution is 5.94. The fourth-order valence-corrected chi connectivity index (χ4v) is 2.75. The monoisotopic (exact) mass is 275 g/mol. The van der Waals surface area contributed by atoms with Gasteiger partial charge in [-0.2, -0.15) is 0 Å². The molecule has 2 unspecified atom stereocenters. The zero-order valence-corrected chi connectivity index (χ0v) is 12.4. The van der Waals surface area contributed by atoms with Crippen LogP contribution in [0, 0.1) is 0 Å². The van der Waals surface area contributed by atoms with E-state index in [0.717, 1.165) is 31.7 Å². The van der Waals surface area contributed by atoms with Crippen LogP contribution in [0.2, 0.25) is 0 Å². The first kappa shape index (κ1) is 15.0. The molecule has 1 heterocycles. The number of piperidine rings is 1. The van der Waals surface area contributed by atoms with Crippen LogP contribution in [0.4, 0.5) is 5.69 Å². The van der Waals surface area contributed by atoms with Crippen LogP contribution in [0.25, 0.3) is 0 Å². The average molecular weight is 275 g/mol. The van der Waals surface area contributed by atoms with E-state index in [1.807, 2.05) is 37.3 Å². The summed E-state index contributed by atoms with van der Waals surface area (Å²) in [7, 11) is 0. The molecule has 1 aliphatic heterocycles. The Morgan fingerprint density at radius 1 is 1.40 bits per heavy atom. The molecule has 0 aliphatic carbocycles. The Kier molecular flexibility index (Phi) is 5.56. The minimum absolute atomic E-state index is 0.0772. The van der Waals surface area contributed by atoms with Gasteiger partial charge in [-0.25, -0.2) is 0 Å². The summed E-state index contributed by atoms with van der Waals surface area (Å²) in [5.41, 5.74) is 0.865. The molecule has 2 rings (SSSR count). The first-order valence-electron chi connectivity index (χ1n) is 7.54. The molecule has 2 N–H and O–H groups in total. The van der Waals surface area contributed by atoms with Crippen LogP contribution in [0.1, 0.15) is 26.7 Å². The number of hydrogen-bond acceptors (Lipinski definition) is 3. The minimum Gasteiger partial charge on any atom is -0.325 e. The van der Waals surface area contributed by atoms with E-state index in [2.05, 4.69) is 22.5 Å². The van der Waals surface area contributed by atoms with Crippen molar-refractivity contribution >= 4 is 11.6 Å². The van der Waals surface area contributed by atoms with Gasteiger partial charge in [0.25, 0.3) is 0 Å². The molecule has 1 aliphatic rings. The molecule has 0 saturated carbocycles. The van der Waals surface area contributed by atoms with E-state index in [9.17, 15) is 4.79 Å². The standard InChI is InChI=1S/C16H25N3O/c1-3-17-15-10-7-11-19(12-15)13(2)16(20)18-14-8-5-4-6-9-14/h4-6,8-9,13,15,17H,3,7,10-12H2,1-2H3,(H,18,20). The zero-order valence-electron chi connectivity index (χ0n) is 12.4. The summed E-state index contributed by atoms with van der Waals surface area (Å²) in [6.07, 6.45) is 2.36. The molecule has 4 nitrogen and oxygen atoms in total. The van der Waals surface area contributed by atoms with Gasteiger partial charge in [-0.15, -0.1) is 0 Å². The van der Waals surface area contributed by atoms with Crippen LogP contribution in [-0.2, 0) is 4.79 Å². The number of hydrogen-bond donors (Lipinski definition) is 2. The Morgan fingerprint density at radius 3 is 2.85 bits per heavy atom. The molecule has 110 valence electrons. The van der Waals surface area contributed by atoms with E-state index in [0.29, 0.717) is 6.04 Å². The van der Waals surface area contributed by atoms with E-state index in [-0.39, 0.29) is 11.9 Å². The molecule has 2 atom stereocenters. The van der Waals surface area contributed by atoms with Crippen molar-refractivity contribution in [3.05, 3.63) is 30.3 Å². The van der Waals surface area contributed by atoms with Gasteiger partial charge in [0.1, 0.15) is 0 Å². The fourth-order valence-electron chi connectivity index (χ4n) is 2.75. The Balaban J connectivity index is 1.89. The summed E-state index contributed by atoms with van der Waals surface area (Å²) < 4.78 is 0. The maximum atomic E-state index is 12.3. The first-order chi connectivity index (χ1) is 9.70. The maximum absolute atomic E-state index is 12.3. The number of para-hydroxylation sites is 1. The second kappa shape index (κ2) is 7.41. The molecular weight excluding hydrogens is 250 g/mol. The van der Waals surface area contributed by atoms with Crippen LogP contribution in [0.3, 0.4) is 0 Å². The van der Waals surface area contributed by atoms with Gasteiger partial charge in [0.05, 0.1) is 6.04 Å². The molecule has 0 aromatic heterocycles. The van der Waals surface area contributed by atoms with Gasteiger partial charge in [0.15, 0.2) is 0 Å². The molecule has 20 heavy (non-hydrogen) atoms. The number of likely N-dealkylation sites (tertiary alicyclic amines) is 1. The number of likely N-dealkylation sites (N-methyl/N-ethyl adjacent to an activating group) is 1. The number of amides is 1. The molecule has 1 aromatic rings. The van der Waals surface area contributed by atoms with Gasteiger partial charge in [-0.3, -0.25) is 9.69 Å². The van der Waals surface area contributed by atoms with Crippen molar-refractivity contribution in [1.29, 1.82) is 0 Å². The van der Waals surface area contributed by atoms with Crippen molar-refractivity contribution in [2.24, 2.45) is 0 Å². The van der Waals surface area contributed by atoms with Crippen molar-refractivity contribution < 1.29 is 4.79 Å². The predicted molar refractivity (Wildman–Crippen MR) is 82.8 cm³/mol. The number of rotatable bonds is 5. The van der Waals surface area contributed by atoms with Gasteiger partial charge in [0, 0.05) is 18.3 Å². The summed E-state index contributed by atoms with van der Waals surface area (Å²) in [4.78, 5) is 14.6. The molecule has 1 amide bonds. The minimum atomic E-state index is -0.0864. The highest BCUT2D eigenvalue weighted by Crippen LogP contribution is 2.14. The van der Waals surface area contributed by atoms with Crippen molar-refractivity contribution in [3.63, 3.8) is 0 Å². The lowest BCUT2D eigenvalue weighted by molar-refractivity contribution is -0.121. The fraction of sp³-hybridized carbons (Fsp3) is 0.562. The normalized spacial score (nSPS) is 21.4. The topological polar surface area (TPSA) is 44.4 Å². The second-order valence-electron chi connectivity index (χ2n) is 5.42. The maximum Gasteiger partial charge on any atom is 0.241 e. The Hall–Kier alpha value is -1.39. The molecule has 0 bridgehead atoms. The summed E-state index contributed by atoms with van der Waals surface area (Å²) >= 11 is 0. The van der Waals surface area contributed by atoms with Crippen molar-refractivity contribution in [1.82, 2.24) is 10.2 Å². The molecule has 1 aromatic carbocycles. The highest BCUT2D eigenvalue weighted by atomic mass is 16.2. The number of carbonyl (C=O) groups is 1. The number of carbonyl (C=O) groups excluding carboxylic acids is 1. The van der Waals surface area contributed by atoms with Crippen LogP contribution < -0.4 is 10.6 Å². The SMILES string of the molecule is CCNC1CCCN(C(C)C(=O)Nc2ccccc2)C1. The van der Waals surface area contributed by atoms with Gasteiger partial charge in [-0.1, -0.05) is 25.1 Å². The largest absolute Gasteiger partial charge is 0.325 e. The van der Waals surface area contributed by atoms with Crippen LogP contribution in [0.15, 0.2) is 30.3 Å². The van der Waals surface area contributed by atoms with Crippen LogP contribution >= 0.6 is 0 Å². The van der Waals surface area contributed by atoms with Gasteiger partial charge >= 0.3 is 0 Å². The lowest BCUT2D eigenvalue weighted by Gasteiger charge is -2.36. The third-order valence-corrected chi connectivity index (χ3v) is 3.91. The zero-order chi connectivity index (χ0) is 14.4. The van der Waals surface area contributed by atoms with E-state index >= 15 is 0 Å². The van der Waals surface area contributed by atoms with Gasteiger partial charge in [0.2, 0.25) is 5.91 Å². The average Bonchev–Trinajstić information content (AvgIpc) is 2.48. The van der Waals surface area contributed by atoms with E-state index < -0.39 is 0 Å². The lowest BCUT2D eigenvalue weighted by atomic mass is 10.0. The van der Waals surface area contributed by atoms with Crippen LogP contribution in [0.5, 0.6) is 0 Å². The van der Waals surface area contributed by atoms with E-state index in [4.69, 9.17) is 0 Å². The van der Waals surface area contributed by atoms with E-state index in [1.165, 1.54) is 6.42 Å². The summed E-state index contributed by atoms with van der Waals surface area (Å²) in [6.45, 7) is 7.07. The lowest BCUT2D eigenvalue weighted by Crippen LogP contribution is -2.52. The van der Waals surface area contributed by atoms with Gasteiger partial charge < -0.3 is 10.6 Å². The quantitative estimate of drug-likeness (QED) is 0.865. The number of nitrogens with zero attached hydrogens (tertiary/aromatic N) is 1. The molecule has 4 heteroatoms. The Morgan fingerprint density at radius 2 is 2.15 bits per heavy atom. The smallest absolute Gasteiger partial charge is 0.241 e. The Labute approximate surface area is 121 Å². The number of benzene rings is 1. The number of anilines is 1. The van der Waals surface area contributed by atoms with Crippen molar-refractivity contribution in [3.8, 4) is 0 Å². The molecular formula is C16H25N3O. The highest BCUT2D eigenvalue weighted by Gasteiger charge is 2.26. The summed E-state index contributed by atoms with van der Waals surface area (Å²) in [6, 6.07) is 10.1. The summed E-state index contributed by atoms with van der Waals surface area (Å²) in [5.74, 6) is 0.0772. The van der Waals surface area contributed by atoms with Crippen molar-refractivity contribution in [2.45, 2.75) is 38.8 Å². The molecule has 1 saturated heterocycles. The Bertz CT molecular complexity index is 419. The predicted octanol–water partition coefficient (Wildman–Crippen LogP) is 2.09. The van der Waals surface area contributed by atoms with Crippen molar-refractivity contribution in [2.75, 3.05) is 25.0 Å². The summed E-state index contributed by atoms with van der Waals surface area (Å²) in [5, 5.41) is 6.47. The van der Waals surface area contributed by atoms with Crippen LogP contribution in [-0.4, -0.2) is 42.5 Å². The van der Waals surface area contributed by atoms with E-state index in [1.54, 1.807) is 0 Å². The first-order valence-corrected chi connectivity index (χ1v) is 7.54. The second-order valence-corrected chi connectivity index (χ2v) is 5.42. The third-order valence-electron chi connectivity index (χ3n) is 3.91. The molecule has 0 radical (unpaired) electrons. The molecule has 1 fully saturated rings. The number of nitrogens with one attached hydrogen (secondary N) is 2. The third kappa shape index (κ3) is 4.05.